The molecule has 1 aliphatic heterocycles. The second-order valence-corrected chi connectivity index (χ2v) is 6.94. The maximum Gasteiger partial charge on any atom is 0.0793 e. The van der Waals surface area contributed by atoms with Gasteiger partial charge >= 0.3 is 0 Å². The van der Waals surface area contributed by atoms with E-state index in [0.717, 1.165) is 19.6 Å². The predicted molar refractivity (Wildman–Crippen MR) is 87.1 cm³/mol. The monoisotopic (exact) mass is 294 g/mol. The number of hydrogen-bond acceptors (Lipinski definition) is 4. The van der Waals surface area contributed by atoms with Crippen LogP contribution in [0, 0.1) is 0 Å². The van der Waals surface area contributed by atoms with Crippen LogP contribution in [0.5, 0.6) is 0 Å². The van der Waals surface area contributed by atoms with Crippen molar-refractivity contribution in [3.63, 3.8) is 0 Å². The summed E-state index contributed by atoms with van der Waals surface area (Å²) in [7, 11) is 4.21. The van der Waals surface area contributed by atoms with Gasteiger partial charge in [0.1, 0.15) is 0 Å². The lowest BCUT2D eigenvalue weighted by molar-refractivity contribution is 0.0779. The van der Waals surface area contributed by atoms with Crippen LogP contribution in [0.15, 0.2) is 30.3 Å². The zero-order valence-electron chi connectivity index (χ0n) is 12.5. The second kappa shape index (κ2) is 8.03. The smallest absolute Gasteiger partial charge is 0.0793 e. The van der Waals surface area contributed by atoms with Crippen LogP contribution < -0.4 is 0 Å². The van der Waals surface area contributed by atoms with Crippen molar-refractivity contribution in [1.82, 2.24) is 9.80 Å². The van der Waals surface area contributed by atoms with E-state index < -0.39 is 0 Å². The fraction of sp³-hybridized carbons (Fsp3) is 0.625. The van der Waals surface area contributed by atoms with Crippen molar-refractivity contribution in [2.24, 2.45) is 0 Å². The van der Waals surface area contributed by atoms with Gasteiger partial charge in [0, 0.05) is 31.4 Å². The molecule has 1 aliphatic rings. The Bertz CT molecular complexity index is 381. The highest BCUT2D eigenvalue weighted by Gasteiger charge is 2.22. The number of aliphatic hydroxyl groups is 1. The van der Waals surface area contributed by atoms with Gasteiger partial charge in [-0.05, 0) is 31.8 Å². The Morgan fingerprint density at radius 1 is 1.25 bits per heavy atom. The third-order valence-corrected chi connectivity index (χ3v) is 4.99. The Kier molecular flexibility index (Phi) is 6.36. The van der Waals surface area contributed by atoms with E-state index in [-0.39, 0.29) is 6.10 Å². The van der Waals surface area contributed by atoms with Gasteiger partial charge in [0.2, 0.25) is 0 Å². The van der Waals surface area contributed by atoms with Crippen LogP contribution in [0.4, 0.5) is 0 Å². The molecule has 4 heteroatoms. The number of aliphatic hydroxyl groups excluding tert-OH is 1. The topological polar surface area (TPSA) is 26.7 Å². The van der Waals surface area contributed by atoms with Crippen molar-refractivity contribution in [3.8, 4) is 0 Å². The Morgan fingerprint density at radius 3 is 2.65 bits per heavy atom. The first kappa shape index (κ1) is 15.8. The van der Waals surface area contributed by atoms with E-state index in [0.29, 0.717) is 6.04 Å². The Labute approximate surface area is 127 Å². The minimum atomic E-state index is -0.278. The average molecular weight is 294 g/mol. The first-order valence-corrected chi connectivity index (χ1v) is 8.49. The highest BCUT2D eigenvalue weighted by atomic mass is 32.2. The van der Waals surface area contributed by atoms with Gasteiger partial charge in [-0.15, -0.1) is 0 Å². The Morgan fingerprint density at radius 2 is 2.00 bits per heavy atom. The van der Waals surface area contributed by atoms with Gasteiger partial charge in [-0.3, -0.25) is 9.80 Å². The summed E-state index contributed by atoms with van der Waals surface area (Å²) in [6.07, 6.45) is 0.979. The SMILES string of the molecule is CN(Cc1ccccc1)CC(O)CN(C)C1CCSC1. The Balaban J connectivity index is 1.71. The zero-order valence-corrected chi connectivity index (χ0v) is 13.4. The van der Waals surface area contributed by atoms with E-state index in [1.54, 1.807) is 0 Å². The van der Waals surface area contributed by atoms with Gasteiger partial charge in [0.15, 0.2) is 0 Å². The van der Waals surface area contributed by atoms with Crippen molar-refractivity contribution in [1.29, 1.82) is 0 Å². The molecule has 2 atom stereocenters. The predicted octanol–water partition coefficient (Wildman–Crippen LogP) is 1.92. The normalized spacial score (nSPS) is 20.8. The lowest BCUT2D eigenvalue weighted by Crippen LogP contribution is -2.41. The van der Waals surface area contributed by atoms with Gasteiger partial charge in [0.05, 0.1) is 6.10 Å². The molecule has 0 aliphatic carbocycles. The molecule has 1 fully saturated rings. The molecule has 20 heavy (non-hydrogen) atoms. The highest BCUT2D eigenvalue weighted by molar-refractivity contribution is 7.99. The number of thioether (sulfide) groups is 1. The lowest BCUT2D eigenvalue weighted by atomic mass is 10.2. The third-order valence-electron chi connectivity index (χ3n) is 3.85. The van der Waals surface area contributed by atoms with Gasteiger partial charge in [-0.1, -0.05) is 30.3 Å². The molecule has 0 radical (unpaired) electrons. The molecule has 2 rings (SSSR count). The summed E-state index contributed by atoms with van der Waals surface area (Å²) in [6, 6.07) is 11.1. The van der Waals surface area contributed by atoms with Crippen LogP contribution in [0.3, 0.4) is 0 Å². The quantitative estimate of drug-likeness (QED) is 0.831. The lowest BCUT2D eigenvalue weighted by Gasteiger charge is -2.28. The standard InChI is InChI=1S/C16H26N2OS/c1-17(10-14-6-4-3-5-7-14)11-16(19)12-18(2)15-8-9-20-13-15/h3-7,15-16,19H,8-13H2,1-2H3. The molecule has 1 saturated heterocycles. The van der Waals surface area contributed by atoms with Crippen molar-refractivity contribution >= 4 is 11.8 Å². The van der Waals surface area contributed by atoms with Crippen molar-refractivity contribution in [2.75, 3.05) is 38.7 Å². The van der Waals surface area contributed by atoms with E-state index in [1.165, 1.54) is 23.5 Å². The van der Waals surface area contributed by atoms with Crippen LogP contribution >= 0.6 is 11.8 Å². The molecule has 0 saturated carbocycles. The van der Waals surface area contributed by atoms with Crippen LogP contribution in [0.25, 0.3) is 0 Å². The molecule has 1 N–H and O–H groups in total. The molecule has 1 aromatic rings. The molecule has 3 nitrogen and oxygen atoms in total. The summed E-state index contributed by atoms with van der Waals surface area (Å²) in [6.45, 7) is 2.38. The number of benzene rings is 1. The van der Waals surface area contributed by atoms with Gasteiger partial charge in [-0.25, -0.2) is 0 Å². The molecule has 0 spiro atoms. The summed E-state index contributed by atoms with van der Waals surface area (Å²) in [4.78, 5) is 4.51. The summed E-state index contributed by atoms with van der Waals surface area (Å²) >= 11 is 2.02. The molecule has 112 valence electrons. The number of likely N-dealkylation sites (N-methyl/N-ethyl adjacent to an activating group) is 2. The maximum absolute atomic E-state index is 10.2. The molecular formula is C16H26N2OS. The molecule has 1 aromatic carbocycles. The van der Waals surface area contributed by atoms with Crippen LogP contribution in [0.2, 0.25) is 0 Å². The Hall–Kier alpha value is -0.550. The zero-order chi connectivity index (χ0) is 14.4. The van der Waals surface area contributed by atoms with E-state index in [9.17, 15) is 5.11 Å². The number of rotatable bonds is 7. The van der Waals surface area contributed by atoms with Crippen LogP contribution in [-0.4, -0.2) is 65.7 Å². The molecule has 0 bridgehead atoms. The van der Waals surface area contributed by atoms with Crippen molar-refractivity contribution in [3.05, 3.63) is 35.9 Å². The van der Waals surface area contributed by atoms with E-state index in [1.807, 2.05) is 17.8 Å². The summed E-state index contributed by atoms with van der Waals surface area (Å²) in [5.41, 5.74) is 1.29. The van der Waals surface area contributed by atoms with Gasteiger partial charge in [-0.2, -0.15) is 11.8 Å². The minimum Gasteiger partial charge on any atom is -0.390 e. The third kappa shape index (κ3) is 5.09. The maximum atomic E-state index is 10.2. The second-order valence-electron chi connectivity index (χ2n) is 5.79. The number of hydrogen-bond donors (Lipinski definition) is 1. The first-order chi connectivity index (χ1) is 9.65. The molecule has 2 unspecified atom stereocenters. The van der Waals surface area contributed by atoms with E-state index in [2.05, 4.69) is 48.2 Å². The largest absolute Gasteiger partial charge is 0.390 e. The van der Waals surface area contributed by atoms with Crippen molar-refractivity contribution < 1.29 is 5.11 Å². The summed E-state index contributed by atoms with van der Waals surface area (Å²) in [5, 5.41) is 10.2. The molecule has 0 aromatic heterocycles. The first-order valence-electron chi connectivity index (χ1n) is 7.33. The number of nitrogens with zero attached hydrogens (tertiary/aromatic N) is 2. The van der Waals surface area contributed by atoms with E-state index in [4.69, 9.17) is 0 Å². The molecule has 1 heterocycles. The fourth-order valence-electron chi connectivity index (χ4n) is 2.73. The molecular weight excluding hydrogens is 268 g/mol. The van der Waals surface area contributed by atoms with Gasteiger partial charge < -0.3 is 5.11 Å². The van der Waals surface area contributed by atoms with Crippen LogP contribution in [0.1, 0.15) is 12.0 Å². The van der Waals surface area contributed by atoms with Crippen molar-refractivity contribution in [2.45, 2.75) is 25.1 Å². The molecule has 0 amide bonds. The fourth-order valence-corrected chi connectivity index (χ4v) is 4.03. The summed E-state index contributed by atoms with van der Waals surface area (Å²) in [5.74, 6) is 2.47. The van der Waals surface area contributed by atoms with Gasteiger partial charge in [0.25, 0.3) is 0 Å². The van der Waals surface area contributed by atoms with E-state index >= 15 is 0 Å². The average Bonchev–Trinajstić information content (AvgIpc) is 2.93. The minimum absolute atomic E-state index is 0.278. The van der Waals surface area contributed by atoms with Crippen LogP contribution in [-0.2, 0) is 6.54 Å². The summed E-state index contributed by atoms with van der Waals surface area (Å²) < 4.78 is 0. The highest BCUT2D eigenvalue weighted by Crippen LogP contribution is 2.21.